The number of hydrogen-bond acceptors (Lipinski definition) is 1. The Balaban J connectivity index is 1.93. The van der Waals surface area contributed by atoms with Gasteiger partial charge >= 0.3 is 0 Å². The van der Waals surface area contributed by atoms with Gasteiger partial charge in [-0.2, -0.15) is 0 Å². The Morgan fingerprint density at radius 2 is 1.89 bits per heavy atom. The number of fused-ring (bicyclic) bond motifs is 1. The molecule has 2 aromatic rings. The Hall–Kier alpha value is -1.76. The van der Waals surface area contributed by atoms with Gasteiger partial charge in [0.05, 0.1) is 0 Å². The van der Waals surface area contributed by atoms with Gasteiger partial charge in [0.2, 0.25) is 0 Å². The maximum absolute atomic E-state index is 9.63. The third-order valence-corrected chi connectivity index (χ3v) is 4.38. The Bertz CT molecular complexity index is 559. The maximum Gasteiger partial charge on any atom is 0.115 e. The van der Waals surface area contributed by atoms with Crippen LogP contribution in [0, 0.1) is 5.92 Å². The van der Waals surface area contributed by atoms with Gasteiger partial charge in [0.25, 0.3) is 0 Å². The summed E-state index contributed by atoms with van der Waals surface area (Å²) in [5, 5.41) is 9.63. The summed E-state index contributed by atoms with van der Waals surface area (Å²) in [7, 11) is 0. The van der Waals surface area contributed by atoms with Crippen LogP contribution in [0.4, 0.5) is 0 Å². The van der Waals surface area contributed by atoms with Crippen LogP contribution in [0.5, 0.6) is 5.75 Å². The molecule has 1 unspecified atom stereocenters. The zero-order valence-corrected chi connectivity index (χ0v) is 11.3. The Morgan fingerprint density at radius 1 is 1.11 bits per heavy atom. The normalized spacial score (nSPS) is 21.9. The number of rotatable bonds is 2. The van der Waals surface area contributed by atoms with Crippen molar-refractivity contribution in [2.45, 2.75) is 32.1 Å². The number of aryl methyl sites for hydroxylation is 1. The van der Waals surface area contributed by atoms with E-state index < -0.39 is 0 Å². The highest BCUT2D eigenvalue weighted by molar-refractivity contribution is 5.40. The monoisotopic (exact) mass is 252 g/mol. The van der Waals surface area contributed by atoms with E-state index in [0.29, 0.717) is 17.6 Å². The lowest BCUT2D eigenvalue weighted by Gasteiger charge is -2.31. The summed E-state index contributed by atoms with van der Waals surface area (Å²) in [5.74, 6) is 1.68. The Labute approximate surface area is 114 Å². The van der Waals surface area contributed by atoms with Crippen LogP contribution in [0.3, 0.4) is 0 Å². The molecule has 0 spiro atoms. The van der Waals surface area contributed by atoms with Crippen molar-refractivity contribution < 1.29 is 5.11 Å². The average Bonchev–Trinajstić information content (AvgIpc) is 2.43. The molecular weight excluding hydrogens is 232 g/mol. The van der Waals surface area contributed by atoms with E-state index in [9.17, 15) is 5.11 Å². The van der Waals surface area contributed by atoms with E-state index in [4.69, 9.17) is 0 Å². The predicted octanol–water partition coefficient (Wildman–Crippen LogP) is 4.30. The largest absolute Gasteiger partial charge is 0.508 e. The highest BCUT2D eigenvalue weighted by Crippen LogP contribution is 2.39. The Kier molecular flexibility index (Phi) is 3.29. The SMILES string of the molecule is C[C@H]1CCc2cc(O)ccc2C1Cc1ccccc1. The summed E-state index contributed by atoms with van der Waals surface area (Å²) < 4.78 is 0. The third-order valence-electron chi connectivity index (χ3n) is 4.38. The smallest absolute Gasteiger partial charge is 0.115 e. The van der Waals surface area contributed by atoms with Gasteiger partial charge in [0.15, 0.2) is 0 Å². The summed E-state index contributed by atoms with van der Waals surface area (Å²) in [5.41, 5.74) is 4.17. The molecule has 0 saturated carbocycles. The van der Waals surface area contributed by atoms with Crippen LogP contribution in [-0.4, -0.2) is 5.11 Å². The van der Waals surface area contributed by atoms with Crippen LogP contribution in [-0.2, 0) is 12.8 Å². The molecular formula is C18H20O. The molecule has 0 heterocycles. The zero-order valence-electron chi connectivity index (χ0n) is 11.3. The molecule has 19 heavy (non-hydrogen) atoms. The summed E-state index contributed by atoms with van der Waals surface area (Å²) in [6.45, 7) is 2.35. The fraction of sp³-hybridized carbons (Fsp3) is 0.333. The van der Waals surface area contributed by atoms with Gasteiger partial charge in [0.1, 0.15) is 5.75 Å². The van der Waals surface area contributed by atoms with Crippen molar-refractivity contribution in [1.29, 1.82) is 0 Å². The fourth-order valence-corrected chi connectivity index (χ4v) is 3.24. The predicted molar refractivity (Wildman–Crippen MR) is 78.5 cm³/mol. The molecule has 0 amide bonds. The second-order valence-electron chi connectivity index (χ2n) is 5.70. The van der Waals surface area contributed by atoms with Gasteiger partial charge in [-0.3, -0.25) is 0 Å². The van der Waals surface area contributed by atoms with Crippen molar-refractivity contribution in [3.05, 3.63) is 65.2 Å². The number of hydrogen-bond donors (Lipinski definition) is 1. The average molecular weight is 252 g/mol. The summed E-state index contributed by atoms with van der Waals surface area (Å²) >= 11 is 0. The third kappa shape index (κ3) is 2.51. The van der Waals surface area contributed by atoms with Gasteiger partial charge in [-0.25, -0.2) is 0 Å². The molecule has 0 fully saturated rings. The first-order chi connectivity index (χ1) is 9.24. The van der Waals surface area contributed by atoms with E-state index in [-0.39, 0.29) is 0 Å². The molecule has 2 aromatic carbocycles. The van der Waals surface area contributed by atoms with E-state index in [1.54, 1.807) is 0 Å². The number of phenols is 1. The van der Waals surface area contributed by atoms with Gasteiger partial charge in [-0.15, -0.1) is 0 Å². The van der Waals surface area contributed by atoms with Crippen molar-refractivity contribution in [2.75, 3.05) is 0 Å². The number of phenolic OH excluding ortho intramolecular Hbond substituents is 1. The standard InChI is InChI=1S/C18H20O/c1-13-7-8-15-12-16(19)9-10-17(15)18(13)11-14-5-3-2-4-6-14/h2-6,9-10,12-13,18-19H,7-8,11H2,1H3/t13-,18?/m0/s1. The van der Waals surface area contributed by atoms with Crippen LogP contribution < -0.4 is 0 Å². The van der Waals surface area contributed by atoms with E-state index in [2.05, 4.69) is 43.3 Å². The number of benzene rings is 2. The lowest BCUT2D eigenvalue weighted by Crippen LogP contribution is -2.20. The summed E-state index contributed by atoms with van der Waals surface area (Å²) in [6.07, 6.45) is 3.41. The fourth-order valence-electron chi connectivity index (χ4n) is 3.24. The molecule has 1 aliphatic rings. The molecule has 1 heteroatoms. The first-order valence-electron chi connectivity index (χ1n) is 7.10. The highest BCUT2D eigenvalue weighted by atomic mass is 16.3. The van der Waals surface area contributed by atoms with Crippen LogP contribution >= 0.6 is 0 Å². The minimum atomic E-state index is 0.395. The molecule has 0 aromatic heterocycles. The summed E-state index contributed by atoms with van der Waals surface area (Å²) in [4.78, 5) is 0. The highest BCUT2D eigenvalue weighted by Gasteiger charge is 2.26. The van der Waals surface area contributed by atoms with Gasteiger partial charge in [-0.05, 0) is 59.9 Å². The van der Waals surface area contributed by atoms with E-state index >= 15 is 0 Å². The first-order valence-corrected chi connectivity index (χ1v) is 7.10. The van der Waals surface area contributed by atoms with Crippen LogP contribution in [0.15, 0.2) is 48.5 Å². The van der Waals surface area contributed by atoms with Gasteiger partial charge in [0, 0.05) is 0 Å². The lowest BCUT2D eigenvalue weighted by molar-refractivity contribution is 0.397. The van der Waals surface area contributed by atoms with Crippen LogP contribution in [0.2, 0.25) is 0 Å². The molecule has 3 rings (SSSR count). The molecule has 0 aliphatic heterocycles. The zero-order chi connectivity index (χ0) is 13.2. The van der Waals surface area contributed by atoms with Crippen molar-refractivity contribution in [3.8, 4) is 5.75 Å². The van der Waals surface area contributed by atoms with Crippen LogP contribution in [0.1, 0.15) is 36.0 Å². The van der Waals surface area contributed by atoms with Crippen molar-refractivity contribution in [2.24, 2.45) is 5.92 Å². The minimum absolute atomic E-state index is 0.395. The Morgan fingerprint density at radius 3 is 2.68 bits per heavy atom. The molecule has 98 valence electrons. The maximum atomic E-state index is 9.63. The topological polar surface area (TPSA) is 20.2 Å². The number of aromatic hydroxyl groups is 1. The van der Waals surface area contributed by atoms with Crippen molar-refractivity contribution in [3.63, 3.8) is 0 Å². The molecule has 0 bridgehead atoms. The van der Waals surface area contributed by atoms with Gasteiger partial charge < -0.3 is 5.11 Å². The minimum Gasteiger partial charge on any atom is -0.508 e. The molecule has 2 atom stereocenters. The van der Waals surface area contributed by atoms with Crippen molar-refractivity contribution >= 4 is 0 Å². The second-order valence-corrected chi connectivity index (χ2v) is 5.70. The lowest BCUT2D eigenvalue weighted by atomic mass is 9.73. The first kappa shape index (κ1) is 12.3. The quantitative estimate of drug-likeness (QED) is 0.844. The molecule has 0 saturated heterocycles. The summed E-state index contributed by atoms with van der Waals surface area (Å²) in [6, 6.07) is 16.6. The van der Waals surface area contributed by atoms with E-state index in [1.165, 1.54) is 23.1 Å². The molecule has 1 aliphatic carbocycles. The molecule has 1 nitrogen and oxygen atoms in total. The van der Waals surface area contributed by atoms with Crippen molar-refractivity contribution in [1.82, 2.24) is 0 Å². The van der Waals surface area contributed by atoms with E-state index in [0.717, 1.165) is 12.8 Å². The molecule has 0 radical (unpaired) electrons. The van der Waals surface area contributed by atoms with E-state index in [1.807, 2.05) is 12.1 Å². The van der Waals surface area contributed by atoms with Crippen LogP contribution in [0.25, 0.3) is 0 Å². The second kappa shape index (κ2) is 5.08. The molecule has 1 N–H and O–H groups in total. The van der Waals surface area contributed by atoms with Gasteiger partial charge in [-0.1, -0.05) is 43.3 Å².